The molecule has 2 aromatic rings. The molecule has 234 valence electrons. The van der Waals surface area contributed by atoms with E-state index in [1.807, 2.05) is 0 Å². The minimum Gasteiger partial charge on any atom is -0.234 e. The molecule has 0 spiro atoms. The van der Waals surface area contributed by atoms with Gasteiger partial charge in [0, 0.05) is 6.42 Å². The second-order valence-corrected chi connectivity index (χ2v) is 12.9. The lowest BCUT2D eigenvalue weighted by Gasteiger charge is -2.07. The van der Waals surface area contributed by atoms with E-state index in [9.17, 15) is 0 Å². The summed E-state index contributed by atoms with van der Waals surface area (Å²) in [5.41, 5.74) is 1.41. The number of imidazole rings is 1. The summed E-state index contributed by atoms with van der Waals surface area (Å²) in [7, 11) is 0. The third-order valence-corrected chi connectivity index (χ3v) is 9.04. The van der Waals surface area contributed by atoms with E-state index in [-0.39, 0.29) is 0 Å². The molecule has 0 bridgehead atoms. The van der Waals surface area contributed by atoms with Crippen molar-refractivity contribution in [2.24, 2.45) is 0 Å². The first-order valence-corrected chi connectivity index (χ1v) is 18.5. The molecule has 0 saturated heterocycles. The summed E-state index contributed by atoms with van der Waals surface area (Å²) in [5, 5.41) is 0. The number of unbranched alkanes of at least 4 members (excludes halogenated alkanes) is 23. The van der Waals surface area contributed by atoms with Gasteiger partial charge in [0.2, 0.25) is 0 Å². The normalized spacial score (nSPS) is 11.5. The van der Waals surface area contributed by atoms with Gasteiger partial charge in [-0.3, -0.25) is 0 Å². The molecule has 0 aliphatic rings. The van der Waals surface area contributed by atoms with Crippen molar-refractivity contribution >= 4 is 0 Å². The largest absolute Gasteiger partial charge is 0.256 e. The summed E-state index contributed by atoms with van der Waals surface area (Å²) in [4.78, 5) is 0. The zero-order valence-electron chi connectivity index (χ0n) is 27.7. The Morgan fingerprint density at radius 1 is 0.488 bits per heavy atom. The van der Waals surface area contributed by atoms with E-state index in [4.69, 9.17) is 0 Å². The van der Waals surface area contributed by atoms with Gasteiger partial charge in [-0.2, -0.15) is 0 Å². The van der Waals surface area contributed by atoms with Gasteiger partial charge in [0.15, 0.2) is 0 Å². The molecule has 0 fully saturated rings. The van der Waals surface area contributed by atoms with Gasteiger partial charge in [-0.1, -0.05) is 185 Å². The van der Waals surface area contributed by atoms with Crippen LogP contribution < -0.4 is 4.57 Å². The Bertz CT molecular complexity index is 808. The fraction of sp³-hybridized carbons (Fsp3) is 0.769. The lowest BCUT2D eigenvalue weighted by molar-refractivity contribution is -0.704. The van der Waals surface area contributed by atoms with Crippen molar-refractivity contribution in [3.8, 4) is 0 Å². The molecule has 0 atom stereocenters. The topological polar surface area (TPSA) is 8.81 Å². The van der Waals surface area contributed by atoms with Gasteiger partial charge >= 0.3 is 0 Å². The lowest BCUT2D eigenvalue weighted by atomic mass is 10.0. The molecule has 0 saturated carbocycles. The molecule has 0 amide bonds. The maximum Gasteiger partial charge on any atom is 0.256 e. The molecule has 1 heterocycles. The predicted molar refractivity (Wildman–Crippen MR) is 181 cm³/mol. The van der Waals surface area contributed by atoms with Crippen LogP contribution in [-0.4, -0.2) is 4.57 Å². The lowest BCUT2D eigenvalue weighted by Crippen LogP contribution is -2.37. The van der Waals surface area contributed by atoms with E-state index in [0.717, 1.165) is 6.54 Å². The fourth-order valence-electron chi connectivity index (χ4n) is 6.34. The quantitative estimate of drug-likeness (QED) is 0.0685. The Labute approximate surface area is 256 Å². The molecule has 1 aromatic heterocycles. The van der Waals surface area contributed by atoms with Gasteiger partial charge in [-0.05, 0) is 24.8 Å². The molecule has 0 aliphatic heterocycles. The summed E-state index contributed by atoms with van der Waals surface area (Å²) in [6, 6.07) is 11.0. The molecular formula is C39H69N2+. The van der Waals surface area contributed by atoms with Crippen LogP contribution in [0.25, 0.3) is 0 Å². The monoisotopic (exact) mass is 566 g/mol. The molecule has 0 radical (unpaired) electrons. The number of aryl methyl sites for hydroxylation is 1. The van der Waals surface area contributed by atoms with Gasteiger partial charge in [0.1, 0.15) is 18.9 Å². The highest BCUT2D eigenvalue weighted by atomic mass is 15.1. The van der Waals surface area contributed by atoms with Crippen molar-refractivity contribution in [2.45, 2.75) is 194 Å². The molecule has 2 nitrogen and oxygen atoms in total. The highest BCUT2D eigenvalue weighted by molar-refractivity contribution is 5.15. The van der Waals surface area contributed by atoms with Crippen LogP contribution in [0, 0.1) is 0 Å². The molecule has 0 aliphatic carbocycles. The summed E-state index contributed by atoms with van der Waals surface area (Å²) < 4.78 is 5.11. The fourth-order valence-corrected chi connectivity index (χ4v) is 6.34. The highest BCUT2D eigenvalue weighted by Crippen LogP contribution is 2.15. The van der Waals surface area contributed by atoms with Crippen LogP contribution in [0.5, 0.6) is 0 Å². The van der Waals surface area contributed by atoms with E-state index < -0.39 is 0 Å². The average Bonchev–Trinajstić information content (AvgIpc) is 3.37. The smallest absolute Gasteiger partial charge is 0.234 e. The van der Waals surface area contributed by atoms with Gasteiger partial charge in [-0.15, -0.1) is 0 Å². The zero-order chi connectivity index (χ0) is 29.1. The second kappa shape index (κ2) is 26.1. The van der Waals surface area contributed by atoms with Crippen LogP contribution in [-0.2, 0) is 19.5 Å². The molecule has 0 unspecified atom stereocenters. The van der Waals surface area contributed by atoms with Crippen LogP contribution in [0.3, 0.4) is 0 Å². The van der Waals surface area contributed by atoms with E-state index in [1.54, 1.807) is 5.82 Å². The van der Waals surface area contributed by atoms with Gasteiger partial charge < -0.3 is 0 Å². The van der Waals surface area contributed by atoms with Crippen LogP contribution in [0.2, 0.25) is 0 Å². The van der Waals surface area contributed by atoms with E-state index in [2.05, 4.69) is 65.7 Å². The maximum absolute atomic E-state index is 2.58. The number of rotatable bonds is 29. The summed E-state index contributed by atoms with van der Waals surface area (Å²) >= 11 is 0. The SMILES string of the molecule is CCCCCCCCCCCCCCCCc1n(Cc2ccccc2)cc[n+]1CCCCCCCCCCCCC. The van der Waals surface area contributed by atoms with Crippen molar-refractivity contribution in [2.75, 3.05) is 0 Å². The zero-order valence-corrected chi connectivity index (χ0v) is 27.7. The van der Waals surface area contributed by atoms with E-state index in [0.29, 0.717) is 0 Å². The molecular weight excluding hydrogens is 496 g/mol. The minimum atomic E-state index is 1.00. The van der Waals surface area contributed by atoms with E-state index >= 15 is 0 Å². The molecule has 2 heteroatoms. The van der Waals surface area contributed by atoms with Gasteiger partial charge in [0.25, 0.3) is 5.82 Å². The molecule has 1 aromatic carbocycles. The summed E-state index contributed by atoms with van der Waals surface area (Å²) in [5.74, 6) is 1.54. The first-order chi connectivity index (χ1) is 20.3. The van der Waals surface area contributed by atoms with Crippen molar-refractivity contribution < 1.29 is 4.57 Å². The third-order valence-electron chi connectivity index (χ3n) is 9.04. The van der Waals surface area contributed by atoms with Crippen LogP contribution in [0.15, 0.2) is 42.7 Å². The minimum absolute atomic E-state index is 1.00. The van der Waals surface area contributed by atoms with Gasteiger partial charge in [0.05, 0.1) is 6.54 Å². The van der Waals surface area contributed by atoms with Crippen LogP contribution in [0.4, 0.5) is 0 Å². The Morgan fingerprint density at radius 2 is 0.902 bits per heavy atom. The Kier molecular flexibility index (Phi) is 22.7. The van der Waals surface area contributed by atoms with Crippen LogP contribution in [0.1, 0.15) is 186 Å². The number of hydrogen-bond acceptors (Lipinski definition) is 0. The Morgan fingerprint density at radius 3 is 1.37 bits per heavy atom. The highest BCUT2D eigenvalue weighted by Gasteiger charge is 2.17. The van der Waals surface area contributed by atoms with Crippen molar-refractivity contribution in [1.29, 1.82) is 0 Å². The Hall–Kier alpha value is -1.57. The average molecular weight is 566 g/mol. The number of nitrogens with zero attached hydrogens (tertiary/aromatic N) is 2. The third kappa shape index (κ3) is 18.6. The van der Waals surface area contributed by atoms with Crippen molar-refractivity contribution in [1.82, 2.24) is 4.57 Å². The summed E-state index contributed by atoms with van der Waals surface area (Å²) in [6.07, 6.45) is 41.5. The van der Waals surface area contributed by atoms with Crippen LogP contribution >= 0.6 is 0 Å². The number of benzene rings is 1. The Balaban J connectivity index is 1.62. The summed E-state index contributed by atoms with van der Waals surface area (Å²) in [6.45, 7) is 6.80. The number of aromatic nitrogens is 2. The molecule has 0 N–H and O–H groups in total. The predicted octanol–water partition coefficient (Wildman–Crippen LogP) is 12.2. The first-order valence-electron chi connectivity index (χ1n) is 18.5. The van der Waals surface area contributed by atoms with E-state index in [1.165, 1.54) is 179 Å². The first kappa shape index (κ1) is 35.6. The van der Waals surface area contributed by atoms with Crippen molar-refractivity contribution in [3.05, 3.63) is 54.1 Å². The van der Waals surface area contributed by atoms with Crippen molar-refractivity contribution in [3.63, 3.8) is 0 Å². The molecule has 41 heavy (non-hydrogen) atoms. The number of hydrogen-bond donors (Lipinski definition) is 0. The second-order valence-electron chi connectivity index (χ2n) is 12.9. The van der Waals surface area contributed by atoms with Gasteiger partial charge in [-0.25, -0.2) is 9.13 Å². The maximum atomic E-state index is 2.58. The standard InChI is InChI=1S/C39H69N2/c1-3-5-7-9-11-13-15-16-17-18-20-22-24-29-33-39-40(35-36-41(39)37-38-31-27-26-28-32-38)34-30-25-23-21-19-14-12-10-8-6-4-2/h26-28,31-32,35-36H,3-25,29-30,33-34,37H2,1-2H3/q+1. The molecule has 2 rings (SSSR count).